The molecule has 3 aromatic rings. The minimum Gasteiger partial charge on any atom is -0.468 e. The average molecular weight is 496 g/mol. The Morgan fingerprint density at radius 1 is 1.09 bits per heavy atom. The van der Waals surface area contributed by atoms with E-state index in [-0.39, 0.29) is 30.0 Å². The number of carbonyl (C=O) groups is 2. The van der Waals surface area contributed by atoms with Crippen LogP contribution in [-0.2, 0) is 26.1 Å². The normalized spacial score (nSPS) is 11.0. The van der Waals surface area contributed by atoms with Gasteiger partial charge in [-0.15, -0.1) is 0 Å². The Morgan fingerprint density at radius 2 is 1.77 bits per heavy atom. The Morgan fingerprint density at radius 3 is 2.37 bits per heavy atom. The van der Waals surface area contributed by atoms with Crippen LogP contribution in [0.3, 0.4) is 0 Å². The van der Waals surface area contributed by atoms with Crippen LogP contribution in [0.15, 0.2) is 70.2 Å². The summed E-state index contributed by atoms with van der Waals surface area (Å²) >= 11 is 0. The number of sulfonamides is 1. The Bertz CT molecular complexity index is 1310. The Hall–Kier alpha value is -3.94. The topological polar surface area (TPSA) is 130 Å². The van der Waals surface area contributed by atoms with E-state index in [1.807, 2.05) is 38.1 Å². The van der Waals surface area contributed by atoms with Crippen LogP contribution in [0.1, 0.15) is 33.7 Å². The van der Waals surface area contributed by atoms with Crippen molar-refractivity contribution >= 4 is 27.6 Å². The molecule has 1 amide bonds. The predicted molar refractivity (Wildman–Crippen MR) is 128 cm³/mol. The van der Waals surface area contributed by atoms with Crippen molar-refractivity contribution in [3.8, 4) is 6.07 Å². The molecule has 0 spiro atoms. The van der Waals surface area contributed by atoms with Crippen LogP contribution < -0.4 is 9.62 Å². The second-order valence-corrected chi connectivity index (χ2v) is 9.57. The molecule has 2 aromatic carbocycles. The SMILES string of the molecule is Cc1cc(C)cc(N(CCC#N)C(=O)COC(=O)c2ccc(S(=O)(=O)NCc3ccco3)cc2)c1. The highest BCUT2D eigenvalue weighted by atomic mass is 32.2. The van der Waals surface area contributed by atoms with Crippen molar-refractivity contribution in [3.05, 3.63) is 83.3 Å². The summed E-state index contributed by atoms with van der Waals surface area (Å²) < 4.78 is 37.5. The summed E-state index contributed by atoms with van der Waals surface area (Å²) in [6.07, 6.45) is 1.57. The number of nitrogens with one attached hydrogen (secondary N) is 1. The number of ether oxygens (including phenoxy) is 1. The van der Waals surface area contributed by atoms with Crippen LogP contribution >= 0.6 is 0 Å². The lowest BCUT2D eigenvalue weighted by atomic mass is 10.1. The van der Waals surface area contributed by atoms with Gasteiger partial charge < -0.3 is 14.1 Å². The second-order valence-electron chi connectivity index (χ2n) is 7.80. The zero-order chi connectivity index (χ0) is 25.4. The number of hydrogen-bond acceptors (Lipinski definition) is 7. The molecule has 3 rings (SSSR count). The Kier molecular flexibility index (Phi) is 8.41. The van der Waals surface area contributed by atoms with Gasteiger partial charge in [0.05, 0.1) is 35.8 Å². The van der Waals surface area contributed by atoms with Crippen LogP contribution in [0.2, 0.25) is 0 Å². The van der Waals surface area contributed by atoms with Gasteiger partial charge in [0.2, 0.25) is 10.0 Å². The Labute approximate surface area is 204 Å². The van der Waals surface area contributed by atoms with Gasteiger partial charge in [-0.1, -0.05) is 6.07 Å². The number of rotatable bonds is 10. The van der Waals surface area contributed by atoms with Crippen molar-refractivity contribution in [2.45, 2.75) is 31.7 Å². The summed E-state index contributed by atoms with van der Waals surface area (Å²) in [5.74, 6) is -0.783. The van der Waals surface area contributed by atoms with Gasteiger partial charge in [0, 0.05) is 12.2 Å². The number of hydrogen-bond donors (Lipinski definition) is 1. The van der Waals surface area contributed by atoms with E-state index in [1.165, 1.54) is 35.4 Å². The molecule has 9 nitrogen and oxygen atoms in total. The summed E-state index contributed by atoms with van der Waals surface area (Å²) in [6, 6.07) is 16.1. The number of nitriles is 1. The standard InChI is InChI=1S/C25H25N3O6S/c1-18-13-19(2)15-21(14-18)28(11-4-10-26)24(29)17-34-25(30)20-6-8-23(9-7-20)35(31,32)27-16-22-5-3-12-33-22/h3,5-9,12-15,27H,4,11,16-17H2,1-2H3. The third-order valence-corrected chi connectivity index (χ3v) is 6.43. The number of carbonyl (C=O) groups excluding carboxylic acids is 2. The van der Waals surface area contributed by atoms with E-state index in [0.717, 1.165) is 11.1 Å². The fourth-order valence-corrected chi connectivity index (χ4v) is 4.38. The zero-order valence-electron chi connectivity index (χ0n) is 19.4. The largest absolute Gasteiger partial charge is 0.468 e. The van der Waals surface area contributed by atoms with Crippen molar-refractivity contribution in [3.63, 3.8) is 0 Å². The number of esters is 1. The summed E-state index contributed by atoms with van der Waals surface area (Å²) in [4.78, 5) is 26.6. The number of nitrogens with zero attached hydrogens (tertiary/aromatic N) is 2. The van der Waals surface area contributed by atoms with E-state index in [1.54, 1.807) is 12.1 Å². The van der Waals surface area contributed by atoms with Crippen molar-refractivity contribution in [2.75, 3.05) is 18.1 Å². The molecule has 0 atom stereocenters. The molecule has 35 heavy (non-hydrogen) atoms. The van der Waals surface area contributed by atoms with Crippen LogP contribution in [0.25, 0.3) is 0 Å². The van der Waals surface area contributed by atoms with Crippen molar-refractivity contribution in [2.24, 2.45) is 0 Å². The van der Waals surface area contributed by atoms with Gasteiger partial charge in [-0.25, -0.2) is 17.9 Å². The van der Waals surface area contributed by atoms with Gasteiger partial charge in [-0.05, 0) is 73.5 Å². The lowest BCUT2D eigenvalue weighted by Crippen LogP contribution is -2.35. The highest BCUT2D eigenvalue weighted by Gasteiger charge is 2.20. The molecule has 182 valence electrons. The third kappa shape index (κ3) is 7.02. The van der Waals surface area contributed by atoms with E-state index < -0.39 is 28.5 Å². The number of anilines is 1. The monoisotopic (exact) mass is 495 g/mol. The van der Waals surface area contributed by atoms with E-state index in [4.69, 9.17) is 14.4 Å². The molecule has 0 aliphatic carbocycles. The minimum absolute atomic E-state index is 0.00992. The second kappa shape index (κ2) is 11.5. The first-order chi connectivity index (χ1) is 16.7. The maximum Gasteiger partial charge on any atom is 0.338 e. The Balaban J connectivity index is 1.63. The number of aryl methyl sites for hydroxylation is 2. The lowest BCUT2D eigenvalue weighted by Gasteiger charge is -2.22. The summed E-state index contributed by atoms with van der Waals surface area (Å²) in [6.45, 7) is 3.43. The van der Waals surface area contributed by atoms with Gasteiger partial charge in [0.15, 0.2) is 6.61 Å². The van der Waals surface area contributed by atoms with E-state index in [0.29, 0.717) is 11.4 Å². The van der Waals surface area contributed by atoms with Gasteiger partial charge in [0.1, 0.15) is 5.76 Å². The maximum atomic E-state index is 12.8. The van der Waals surface area contributed by atoms with E-state index in [9.17, 15) is 18.0 Å². The third-order valence-electron chi connectivity index (χ3n) is 5.01. The van der Waals surface area contributed by atoms with Crippen LogP contribution in [0.4, 0.5) is 5.69 Å². The molecule has 0 unspecified atom stereocenters. The zero-order valence-corrected chi connectivity index (χ0v) is 20.2. The van der Waals surface area contributed by atoms with Crippen LogP contribution in [-0.4, -0.2) is 33.4 Å². The van der Waals surface area contributed by atoms with Gasteiger partial charge in [-0.2, -0.15) is 5.26 Å². The molecule has 1 N–H and O–H groups in total. The molecule has 1 heterocycles. The minimum atomic E-state index is -3.81. The van der Waals surface area contributed by atoms with Crippen molar-refractivity contribution < 1.29 is 27.2 Å². The molecule has 0 aliphatic rings. The predicted octanol–water partition coefficient (Wildman–Crippen LogP) is 3.48. The molecule has 0 fully saturated rings. The highest BCUT2D eigenvalue weighted by molar-refractivity contribution is 7.89. The van der Waals surface area contributed by atoms with Gasteiger partial charge in [-0.3, -0.25) is 4.79 Å². The molecule has 0 bridgehead atoms. The average Bonchev–Trinajstić information content (AvgIpc) is 3.35. The molecule has 0 saturated carbocycles. The first-order valence-electron chi connectivity index (χ1n) is 10.7. The van der Waals surface area contributed by atoms with Crippen LogP contribution in [0, 0.1) is 25.2 Å². The number of amides is 1. The van der Waals surface area contributed by atoms with Gasteiger partial charge >= 0.3 is 5.97 Å². The molecular weight excluding hydrogens is 470 g/mol. The first kappa shape index (κ1) is 25.7. The maximum absolute atomic E-state index is 12.8. The van der Waals surface area contributed by atoms with Crippen molar-refractivity contribution in [1.29, 1.82) is 5.26 Å². The van der Waals surface area contributed by atoms with E-state index in [2.05, 4.69) is 4.72 Å². The summed E-state index contributed by atoms with van der Waals surface area (Å²) in [5.41, 5.74) is 2.63. The molecule has 1 aromatic heterocycles. The van der Waals surface area contributed by atoms with Crippen molar-refractivity contribution in [1.82, 2.24) is 4.72 Å². The first-order valence-corrected chi connectivity index (χ1v) is 12.2. The fraction of sp³-hybridized carbons (Fsp3) is 0.240. The molecule has 0 aliphatic heterocycles. The number of furan rings is 1. The smallest absolute Gasteiger partial charge is 0.338 e. The summed E-state index contributed by atoms with van der Waals surface area (Å²) in [5, 5.41) is 8.96. The number of benzene rings is 2. The van der Waals surface area contributed by atoms with Gasteiger partial charge in [0.25, 0.3) is 5.91 Å². The highest BCUT2D eigenvalue weighted by Crippen LogP contribution is 2.20. The summed E-state index contributed by atoms with van der Waals surface area (Å²) in [7, 11) is -3.81. The fourth-order valence-electron chi connectivity index (χ4n) is 3.39. The van der Waals surface area contributed by atoms with Crippen LogP contribution in [0.5, 0.6) is 0 Å². The molecular formula is C25H25N3O6S. The molecule has 0 radical (unpaired) electrons. The lowest BCUT2D eigenvalue weighted by molar-refractivity contribution is -0.121. The molecule has 10 heteroatoms. The van der Waals surface area contributed by atoms with E-state index >= 15 is 0 Å². The molecule has 0 saturated heterocycles. The quantitative estimate of drug-likeness (QED) is 0.426.